The highest BCUT2D eigenvalue weighted by Gasteiger charge is 2.31. The number of phenols is 1. The minimum Gasteiger partial charge on any atom is -0.506 e. The lowest BCUT2D eigenvalue weighted by atomic mass is 10.0. The molecule has 0 spiro atoms. The highest BCUT2D eigenvalue weighted by atomic mass is 16.3. The average Bonchev–Trinajstić information content (AvgIpc) is 2.79. The summed E-state index contributed by atoms with van der Waals surface area (Å²) in [5.74, 6) is 1.06. The van der Waals surface area contributed by atoms with Crippen LogP contribution in [0.3, 0.4) is 0 Å². The topological polar surface area (TPSA) is 40.5 Å². The Morgan fingerprint density at radius 3 is 2.45 bits per heavy atom. The zero-order valence-corrected chi connectivity index (χ0v) is 11.8. The Hall–Kier alpha value is -2.03. The van der Waals surface area contributed by atoms with Crippen LogP contribution in [-0.2, 0) is 0 Å². The molecule has 2 aromatic rings. The van der Waals surface area contributed by atoms with Gasteiger partial charge >= 0.3 is 0 Å². The molecule has 2 atom stereocenters. The molecule has 0 aliphatic carbocycles. The normalized spacial score (nSPS) is 22.4. The van der Waals surface area contributed by atoms with Gasteiger partial charge in [0.05, 0.1) is 5.56 Å². The van der Waals surface area contributed by atoms with E-state index in [4.69, 9.17) is 0 Å². The number of carbonyl (C=O) groups excluding carboxylic acids is 1. The summed E-state index contributed by atoms with van der Waals surface area (Å²) in [7, 11) is 0. The van der Waals surface area contributed by atoms with E-state index in [1.807, 2.05) is 35.2 Å². The Kier molecular flexibility index (Phi) is 3.13. The van der Waals surface area contributed by atoms with E-state index in [0.29, 0.717) is 17.4 Å². The van der Waals surface area contributed by atoms with Crippen LogP contribution >= 0.6 is 0 Å². The Labute approximate surface area is 118 Å². The van der Waals surface area contributed by atoms with Crippen LogP contribution in [-0.4, -0.2) is 29.0 Å². The van der Waals surface area contributed by atoms with Gasteiger partial charge in [0, 0.05) is 18.5 Å². The largest absolute Gasteiger partial charge is 0.506 e. The highest BCUT2D eigenvalue weighted by Crippen LogP contribution is 2.31. The molecule has 104 valence electrons. The second kappa shape index (κ2) is 4.82. The summed E-state index contributed by atoms with van der Waals surface area (Å²) in [4.78, 5) is 14.4. The lowest BCUT2D eigenvalue weighted by molar-refractivity contribution is 0.0782. The average molecular weight is 269 g/mol. The van der Waals surface area contributed by atoms with E-state index in [1.54, 1.807) is 6.07 Å². The first-order valence-corrected chi connectivity index (χ1v) is 7.08. The van der Waals surface area contributed by atoms with Crippen LogP contribution in [0.1, 0.15) is 24.2 Å². The number of amides is 1. The van der Waals surface area contributed by atoms with Crippen LogP contribution in [0, 0.1) is 11.8 Å². The predicted octanol–water partition coefficient (Wildman–Crippen LogP) is 3.27. The first kappa shape index (κ1) is 13.0. The number of hydrogen-bond donors (Lipinski definition) is 1. The first-order chi connectivity index (χ1) is 9.58. The number of rotatable bonds is 1. The smallest absolute Gasteiger partial charge is 0.257 e. The monoisotopic (exact) mass is 269 g/mol. The van der Waals surface area contributed by atoms with Crippen LogP contribution in [0.5, 0.6) is 5.75 Å². The van der Waals surface area contributed by atoms with Gasteiger partial charge in [-0.25, -0.2) is 0 Å². The van der Waals surface area contributed by atoms with Gasteiger partial charge in [-0.2, -0.15) is 0 Å². The summed E-state index contributed by atoms with van der Waals surface area (Å²) in [6.07, 6.45) is 0. The number of fused-ring (bicyclic) bond motifs is 1. The molecule has 1 amide bonds. The highest BCUT2D eigenvalue weighted by molar-refractivity contribution is 6.03. The number of nitrogens with zero attached hydrogens (tertiary/aromatic N) is 1. The summed E-state index contributed by atoms with van der Waals surface area (Å²) >= 11 is 0. The van der Waals surface area contributed by atoms with Crippen molar-refractivity contribution in [3.05, 3.63) is 42.0 Å². The lowest BCUT2D eigenvalue weighted by Gasteiger charge is -2.17. The molecule has 3 heteroatoms. The number of hydrogen-bond acceptors (Lipinski definition) is 2. The number of aromatic hydroxyl groups is 1. The predicted molar refractivity (Wildman–Crippen MR) is 79.8 cm³/mol. The third-order valence-corrected chi connectivity index (χ3v) is 4.41. The van der Waals surface area contributed by atoms with E-state index in [-0.39, 0.29) is 11.7 Å². The van der Waals surface area contributed by atoms with Crippen molar-refractivity contribution < 1.29 is 9.90 Å². The third-order valence-electron chi connectivity index (χ3n) is 4.41. The molecule has 1 heterocycles. The number of benzene rings is 2. The van der Waals surface area contributed by atoms with Crippen molar-refractivity contribution in [3.8, 4) is 5.75 Å². The Bertz CT molecular complexity index is 655. The van der Waals surface area contributed by atoms with Crippen molar-refractivity contribution in [1.29, 1.82) is 0 Å². The van der Waals surface area contributed by atoms with Crippen LogP contribution in [0.4, 0.5) is 0 Å². The molecule has 20 heavy (non-hydrogen) atoms. The molecule has 1 saturated heterocycles. The zero-order valence-electron chi connectivity index (χ0n) is 11.8. The van der Waals surface area contributed by atoms with E-state index in [0.717, 1.165) is 23.9 Å². The molecular formula is C17H19NO2. The van der Waals surface area contributed by atoms with Crippen LogP contribution in [0.15, 0.2) is 36.4 Å². The van der Waals surface area contributed by atoms with Crippen LogP contribution < -0.4 is 0 Å². The summed E-state index contributed by atoms with van der Waals surface area (Å²) in [6.45, 7) is 5.87. The zero-order chi connectivity index (χ0) is 14.3. The van der Waals surface area contributed by atoms with E-state index < -0.39 is 0 Å². The Balaban J connectivity index is 1.98. The molecule has 0 saturated carbocycles. The molecule has 1 aliphatic rings. The molecule has 1 aliphatic heterocycles. The number of phenolic OH excluding ortho intramolecular Hbond substituents is 1. The molecule has 1 fully saturated rings. The number of likely N-dealkylation sites (tertiary alicyclic amines) is 1. The summed E-state index contributed by atoms with van der Waals surface area (Å²) in [6, 6.07) is 11.2. The maximum absolute atomic E-state index is 12.6. The van der Waals surface area contributed by atoms with Gasteiger partial charge in [0.25, 0.3) is 5.91 Å². The molecule has 2 aromatic carbocycles. The van der Waals surface area contributed by atoms with Gasteiger partial charge in [0.15, 0.2) is 0 Å². The quantitative estimate of drug-likeness (QED) is 0.863. The first-order valence-electron chi connectivity index (χ1n) is 7.08. The third kappa shape index (κ3) is 2.03. The van der Waals surface area contributed by atoms with E-state index in [1.165, 1.54) is 0 Å². The molecule has 0 radical (unpaired) electrons. The lowest BCUT2D eigenvalue weighted by Crippen LogP contribution is -2.28. The fourth-order valence-corrected chi connectivity index (χ4v) is 2.89. The Morgan fingerprint density at radius 2 is 1.75 bits per heavy atom. The molecular weight excluding hydrogens is 250 g/mol. The summed E-state index contributed by atoms with van der Waals surface area (Å²) in [5, 5.41) is 12.0. The van der Waals surface area contributed by atoms with Crippen molar-refractivity contribution in [2.24, 2.45) is 11.8 Å². The van der Waals surface area contributed by atoms with Crippen molar-refractivity contribution in [3.63, 3.8) is 0 Å². The standard InChI is InChI=1S/C17H19NO2/c1-11-9-18(10-12(11)2)17(20)15-8-7-13-5-3-4-6-14(13)16(15)19/h3-8,11-12,19H,9-10H2,1-2H3. The van der Waals surface area contributed by atoms with Gasteiger partial charge in [0.1, 0.15) is 5.75 Å². The Morgan fingerprint density at radius 1 is 1.10 bits per heavy atom. The molecule has 3 nitrogen and oxygen atoms in total. The fourth-order valence-electron chi connectivity index (χ4n) is 2.89. The maximum Gasteiger partial charge on any atom is 0.257 e. The van der Waals surface area contributed by atoms with Gasteiger partial charge in [-0.05, 0) is 23.3 Å². The number of carbonyl (C=O) groups is 1. The molecule has 0 bridgehead atoms. The van der Waals surface area contributed by atoms with Crippen LogP contribution in [0.25, 0.3) is 10.8 Å². The fraction of sp³-hybridized carbons (Fsp3) is 0.353. The minimum atomic E-state index is -0.0653. The van der Waals surface area contributed by atoms with Gasteiger partial charge in [-0.15, -0.1) is 0 Å². The summed E-state index contributed by atoms with van der Waals surface area (Å²) < 4.78 is 0. The second-order valence-corrected chi connectivity index (χ2v) is 5.85. The summed E-state index contributed by atoms with van der Waals surface area (Å²) in [5.41, 5.74) is 0.407. The molecule has 0 aromatic heterocycles. The second-order valence-electron chi connectivity index (χ2n) is 5.85. The van der Waals surface area contributed by atoms with Gasteiger partial charge in [0.2, 0.25) is 0 Å². The van der Waals surface area contributed by atoms with E-state index in [9.17, 15) is 9.90 Å². The maximum atomic E-state index is 12.6. The van der Waals surface area contributed by atoms with Crippen molar-refractivity contribution in [2.75, 3.05) is 13.1 Å². The molecule has 1 N–H and O–H groups in total. The van der Waals surface area contributed by atoms with Gasteiger partial charge < -0.3 is 10.0 Å². The van der Waals surface area contributed by atoms with E-state index >= 15 is 0 Å². The molecule has 3 rings (SSSR count). The van der Waals surface area contributed by atoms with Crippen molar-refractivity contribution in [1.82, 2.24) is 4.90 Å². The minimum absolute atomic E-state index is 0.0653. The van der Waals surface area contributed by atoms with Crippen molar-refractivity contribution >= 4 is 16.7 Å². The van der Waals surface area contributed by atoms with Crippen molar-refractivity contribution in [2.45, 2.75) is 13.8 Å². The molecule has 2 unspecified atom stereocenters. The van der Waals surface area contributed by atoms with Gasteiger partial charge in [-0.3, -0.25) is 4.79 Å². The van der Waals surface area contributed by atoms with Gasteiger partial charge in [-0.1, -0.05) is 44.2 Å². The SMILES string of the molecule is CC1CN(C(=O)c2ccc3ccccc3c2O)CC1C. The van der Waals surface area contributed by atoms with E-state index in [2.05, 4.69) is 13.8 Å². The van der Waals surface area contributed by atoms with Crippen LogP contribution in [0.2, 0.25) is 0 Å².